The third-order valence-electron chi connectivity index (χ3n) is 3.41. The van der Waals surface area contributed by atoms with Crippen molar-refractivity contribution in [2.24, 2.45) is 11.3 Å². The van der Waals surface area contributed by atoms with Gasteiger partial charge in [-0.3, -0.25) is 9.59 Å². The first-order chi connectivity index (χ1) is 10.2. The number of carbonyl (C=O) groups is 2. The predicted octanol–water partition coefficient (Wildman–Crippen LogP) is 2.74. The smallest absolute Gasteiger partial charge is 0.239 e. The molecule has 0 spiro atoms. The van der Waals surface area contributed by atoms with Crippen molar-refractivity contribution in [2.75, 3.05) is 19.0 Å². The fourth-order valence-corrected chi connectivity index (χ4v) is 1.82. The van der Waals surface area contributed by atoms with E-state index in [4.69, 9.17) is 4.74 Å². The highest BCUT2D eigenvalue weighted by atomic mass is 16.5. The quantitative estimate of drug-likeness (QED) is 0.794. The summed E-state index contributed by atoms with van der Waals surface area (Å²) in [6.45, 7) is 9.70. The zero-order valence-corrected chi connectivity index (χ0v) is 14.2. The Hall–Kier alpha value is -2.04. The molecule has 22 heavy (non-hydrogen) atoms. The highest BCUT2D eigenvalue weighted by Gasteiger charge is 2.36. The molecular formula is C17H26N2O3. The Morgan fingerprint density at radius 3 is 2.41 bits per heavy atom. The topological polar surface area (TPSA) is 67.4 Å². The molecule has 5 heteroatoms. The lowest BCUT2D eigenvalue weighted by molar-refractivity contribution is -0.138. The van der Waals surface area contributed by atoms with E-state index in [1.54, 1.807) is 27.0 Å². The van der Waals surface area contributed by atoms with Crippen LogP contribution < -0.4 is 15.4 Å². The van der Waals surface area contributed by atoms with Crippen LogP contribution >= 0.6 is 0 Å². The highest BCUT2D eigenvalue weighted by molar-refractivity contribution is 6.10. The summed E-state index contributed by atoms with van der Waals surface area (Å²) in [7, 11) is 1.54. The number of anilines is 1. The Balaban J connectivity index is 2.87. The first-order valence-corrected chi connectivity index (χ1v) is 7.43. The molecule has 2 N–H and O–H groups in total. The fourth-order valence-electron chi connectivity index (χ4n) is 1.82. The van der Waals surface area contributed by atoms with Gasteiger partial charge in [-0.1, -0.05) is 19.9 Å². The molecule has 1 aromatic rings. The second-order valence-corrected chi connectivity index (χ2v) is 6.39. The van der Waals surface area contributed by atoms with E-state index in [0.717, 1.165) is 5.56 Å². The van der Waals surface area contributed by atoms with Crippen molar-refractivity contribution in [1.29, 1.82) is 0 Å². The molecule has 122 valence electrons. The van der Waals surface area contributed by atoms with E-state index >= 15 is 0 Å². The van der Waals surface area contributed by atoms with Crippen LogP contribution in [0.2, 0.25) is 0 Å². The molecule has 1 rings (SSSR count). The third-order valence-corrected chi connectivity index (χ3v) is 3.41. The van der Waals surface area contributed by atoms with Gasteiger partial charge in [0.1, 0.15) is 11.2 Å². The standard InChI is InChI=1S/C17H26N2O3/c1-11(2)10-18-15(20)17(4,5)16(21)19-13-9-12(3)7-8-14(13)22-6/h7-9,11H,10H2,1-6H3,(H,18,20)(H,19,21). The summed E-state index contributed by atoms with van der Waals surface area (Å²) in [5, 5.41) is 5.58. The normalized spacial score (nSPS) is 11.2. The number of benzene rings is 1. The van der Waals surface area contributed by atoms with Crippen LogP contribution in [0.15, 0.2) is 18.2 Å². The molecule has 0 fully saturated rings. The van der Waals surface area contributed by atoms with E-state index < -0.39 is 5.41 Å². The summed E-state index contributed by atoms with van der Waals surface area (Å²) in [5.74, 6) is 0.250. The molecular weight excluding hydrogens is 280 g/mol. The molecule has 0 heterocycles. The van der Waals surface area contributed by atoms with Crippen molar-refractivity contribution in [1.82, 2.24) is 5.32 Å². The van der Waals surface area contributed by atoms with Crippen LogP contribution in [0.25, 0.3) is 0 Å². The zero-order chi connectivity index (χ0) is 16.9. The molecule has 0 saturated heterocycles. The van der Waals surface area contributed by atoms with Gasteiger partial charge in [-0.2, -0.15) is 0 Å². The van der Waals surface area contributed by atoms with Crippen molar-refractivity contribution < 1.29 is 14.3 Å². The number of amides is 2. The van der Waals surface area contributed by atoms with Crippen LogP contribution in [0, 0.1) is 18.3 Å². The number of nitrogens with one attached hydrogen (secondary N) is 2. The van der Waals surface area contributed by atoms with Gasteiger partial charge in [-0.15, -0.1) is 0 Å². The number of hydrogen-bond acceptors (Lipinski definition) is 3. The zero-order valence-electron chi connectivity index (χ0n) is 14.2. The van der Waals surface area contributed by atoms with Gasteiger partial charge < -0.3 is 15.4 Å². The van der Waals surface area contributed by atoms with Crippen LogP contribution in [-0.4, -0.2) is 25.5 Å². The number of carbonyl (C=O) groups excluding carboxylic acids is 2. The minimum Gasteiger partial charge on any atom is -0.495 e. The van der Waals surface area contributed by atoms with Crippen molar-refractivity contribution in [2.45, 2.75) is 34.6 Å². The molecule has 0 aliphatic heterocycles. The molecule has 1 aromatic carbocycles. The largest absolute Gasteiger partial charge is 0.495 e. The Bertz CT molecular complexity index is 551. The second-order valence-electron chi connectivity index (χ2n) is 6.39. The van der Waals surface area contributed by atoms with Gasteiger partial charge >= 0.3 is 0 Å². The maximum atomic E-state index is 12.5. The number of methoxy groups -OCH3 is 1. The molecule has 0 bridgehead atoms. The number of rotatable bonds is 6. The van der Waals surface area contributed by atoms with E-state index in [2.05, 4.69) is 10.6 Å². The number of hydrogen-bond donors (Lipinski definition) is 2. The molecule has 0 radical (unpaired) electrons. The Morgan fingerprint density at radius 2 is 1.86 bits per heavy atom. The summed E-state index contributed by atoms with van der Waals surface area (Å²) < 4.78 is 5.24. The van der Waals surface area contributed by atoms with Crippen LogP contribution in [0.3, 0.4) is 0 Å². The minimum atomic E-state index is -1.16. The average molecular weight is 306 g/mol. The maximum absolute atomic E-state index is 12.5. The molecule has 2 amide bonds. The van der Waals surface area contributed by atoms with Gasteiger partial charge in [0.2, 0.25) is 11.8 Å². The Kier molecular flexibility index (Phi) is 5.97. The third kappa shape index (κ3) is 4.48. The molecule has 0 unspecified atom stereocenters. The summed E-state index contributed by atoms with van der Waals surface area (Å²) in [4.78, 5) is 24.7. The lowest BCUT2D eigenvalue weighted by atomic mass is 9.90. The van der Waals surface area contributed by atoms with E-state index in [9.17, 15) is 9.59 Å². The Morgan fingerprint density at radius 1 is 1.23 bits per heavy atom. The monoisotopic (exact) mass is 306 g/mol. The van der Waals surface area contributed by atoms with Gasteiger partial charge in [0, 0.05) is 6.54 Å². The van der Waals surface area contributed by atoms with Crippen molar-refractivity contribution in [3.63, 3.8) is 0 Å². The summed E-state index contributed by atoms with van der Waals surface area (Å²) in [5.41, 5.74) is 0.402. The summed E-state index contributed by atoms with van der Waals surface area (Å²) >= 11 is 0. The molecule has 0 aromatic heterocycles. The highest BCUT2D eigenvalue weighted by Crippen LogP contribution is 2.27. The number of ether oxygens (including phenoxy) is 1. The van der Waals surface area contributed by atoms with Crippen molar-refractivity contribution in [3.05, 3.63) is 23.8 Å². The summed E-state index contributed by atoms with van der Waals surface area (Å²) in [6.07, 6.45) is 0. The fraction of sp³-hybridized carbons (Fsp3) is 0.529. The van der Waals surface area contributed by atoms with Crippen LogP contribution in [-0.2, 0) is 9.59 Å². The molecule has 0 aliphatic rings. The van der Waals surface area contributed by atoms with Crippen molar-refractivity contribution >= 4 is 17.5 Å². The Labute approximate surface area is 132 Å². The van der Waals surface area contributed by atoms with Crippen LogP contribution in [0.5, 0.6) is 5.75 Å². The first-order valence-electron chi connectivity index (χ1n) is 7.43. The van der Waals surface area contributed by atoms with Crippen LogP contribution in [0.4, 0.5) is 5.69 Å². The molecule has 0 aliphatic carbocycles. The molecule has 5 nitrogen and oxygen atoms in total. The van der Waals surface area contributed by atoms with E-state index in [1.165, 1.54) is 0 Å². The maximum Gasteiger partial charge on any atom is 0.239 e. The average Bonchev–Trinajstić information content (AvgIpc) is 2.44. The van der Waals surface area contributed by atoms with Gasteiger partial charge in [-0.25, -0.2) is 0 Å². The SMILES string of the molecule is COc1ccc(C)cc1NC(=O)C(C)(C)C(=O)NCC(C)C. The van der Waals surface area contributed by atoms with Gasteiger partial charge in [0.05, 0.1) is 12.8 Å². The molecule has 0 atom stereocenters. The first kappa shape index (κ1) is 18.0. The van der Waals surface area contributed by atoms with E-state index in [-0.39, 0.29) is 11.8 Å². The van der Waals surface area contributed by atoms with Gasteiger partial charge in [0.25, 0.3) is 0 Å². The lowest BCUT2D eigenvalue weighted by Gasteiger charge is -2.24. The van der Waals surface area contributed by atoms with E-state index in [1.807, 2.05) is 32.9 Å². The molecule has 0 saturated carbocycles. The van der Waals surface area contributed by atoms with Gasteiger partial charge in [0.15, 0.2) is 0 Å². The number of aryl methyl sites for hydroxylation is 1. The summed E-state index contributed by atoms with van der Waals surface area (Å²) in [6, 6.07) is 5.50. The second kappa shape index (κ2) is 7.29. The van der Waals surface area contributed by atoms with Crippen LogP contribution in [0.1, 0.15) is 33.3 Å². The predicted molar refractivity (Wildman–Crippen MR) is 88.0 cm³/mol. The van der Waals surface area contributed by atoms with Crippen molar-refractivity contribution in [3.8, 4) is 5.75 Å². The van der Waals surface area contributed by atoms with E-state index in [0.29, 0.717) is 23.9 Å². The lowest BCUT2D eigenvalue weighted by Crippen LogP contribution is -2.46. The minimum absolute atomic E-state index is 0.287. The van der Waals surface area contributed by atoms with Gasteiger partial charge in [-0.05, 0) is 44.4 Å².